The van der Waals surface area contributed by atoms with E-state index in [9.17, 15) is 4.79 Å². The summed E-state index contributed by atoms with van der Waals surface area (Å²) in [5.74, 6) is 1.52. The minimum Gasteiger partial charge on any atom is -0.492 e. The van der Waals surface area contributed by atoms with Gasteiger partial charge in [-0.2, -0.15) is 0 Å². The normalized spacial score (nSPS) is 10.9. The molecule has 0 bridgehead atoms. The Labute approximate surface area is 190 Å². The number of hydrogen-bond donors (Lipinski definition) is 1. The maximum absolute atomic E-state index is 12.6. The van der Waals surface area contributed by atoms with Crippen LogP contribution in [-0.2, 0) is 13.1 Å². The number of fused-ring (bicyclic) bond motifs is 1. The van der Waals surface area contributed by atoms with Crippen LogP contribution in [0, 0.1) is 13.8 Å². The average Bonchev–Trinajstić information content (AvgIpc) is 3.12. The van der Waals surface area contributed by atoms with Crippen LogP contribution in [0.15, 0.2) is 71.2 Å². The fourth-order valence-electron chi connectivity index (χ4n) is 3.46. The van der Waals surface area contributed by atoms with E-state index in [1.54, 1.807) is 12.1 Å². The van der Waals surface area contributed by atoms with Gasteiger partial charge in [-0.3, -0.25) is 4.79 Å². The van der Waals surface area contributed by atoms with Gasteiger partial charge in [-0.1, -0.05) is 40.2 Å². The summed E-state index contributed by atoms with van der Waals surface area (Å²) in [6, 6.07) is 21.4. The first-order valence-corrected chi connectivity index (χ1v) is 11.0. The van der Waals surface area contributed by atoms with Crippen LogP contribution in [-0.4, -0.2) is 22.1 Å². The summed E-state index contributed by atoms with van der Waals surface area (Å²) in [6.45, 7) is 5.65. The van der Waals surface area contributed by atoms with Gasteiger partial charge >= 0.3 is 0 Å². The van der Waals surface area contributed by atoms with Crippen molar-refractivity contribution in [2.45, 2.75) is 26.9 Å². The van der Waals surface area contributed by atoms with Crippen LogP contribution < -0.4 is 10.1 Å². The molecule has 0 spiro atoms. The van der Waals surface area contributed by atoms with Crippen LogP contribution in [0.3, 0.4) is 0 Å². The number of rotatable bonds is 7. The smallest absolute Gasteiger partial charge is 0.251 e. The quantitative estimate of drug-likeness (QED) is 0.386. The molecule has 4 aromatic rings. The van der Waals surface area contributed by atoms with Gasteiger partial charge in [-0.05, 0) is 67.4 Å². The van der Waals surface area contributed by atoms with E-state index in [4.69, 9.17) is 9.72 Å². The fraction of sp³-hybridized carbons (Fsp3) is 0.200. The molecule has 0 aliphatic rings. The van der Waals surface area contributed by atoms with Crippen LogP contribution in [0.2, 0.25) is 0 Å². The topological polar surface area (TPSA) is 56.1 Å². The van der Waals surface area contributed by atoms with Gasteiger partial charge in [0.2, 0.25) is 0 Å². The minimum atomic E-state index is -0.133. The van der Waals surface area contributed by atoms with Crippen LogP contribution in [0.1, 0.15) is 27.3 Å². The van der Waals surface area contributed by atoms with Crippen molar-refractivity contribution in [2.75, 3.05) is 6.61 Å². The lowest BCUT2D eigenvalue weighted by Crippen LogP contribution is -2.25. The highest BCUT2D eigenvalue weighted by Gasteiger charge is 2.13. The molecule has 1 heterocycles. The molecule has 0 radical (unpaired) electrons. The van der Waals surface area contributed by atoms with E-state index in [2.05, 4.69) is 51.8 Å². The molecule has 0 aliphatic heterocycles. The number of halogens is 1. The Balaban J connectivity index is 1.48. The molecule has 6 heteroatoms. The van der Waals surface area contributed by atoms with E-state index in [1.807, 2.05) is 42.5 Å². The second-order valence-electron chi connectivity index (χ2n) is 7.46. The molecule has 31 heavy (non-hydrogen) atoms. The van der Waals surface area contributed by atoms with Crippen molar-refractivity contribution in [1.82, 2.24) is 14.9 Å². The molecule has 1 amide bonds. The maximum atomic E-state index is 12.6. The van der Waals surface area contributed by atoms with Crippen LogP contribution in [0.25, 0.3) is 11.0 Å². The molecule has 0 aliphatic carbocycles. The molecule has 1 N–H and O–H groups in total. The SMILES string of the molecule is Cc1ccc(OCCn2c(CNC(=O)c3cccc(Br)c3)nc3ccccc32)cc1C. The standard InChI is InChI=1S/C25H24BrN3O2/c1-17-10-11-21(14-18(17)2)31-13-12-29-23-9-4-3-8-22(23)28-24(29)16-27-25(30)19-6-5-7-20(26)15-19/h3-11,14-15H,12-13,16H2,1-2H3,(H,27,30). The third-order valence-electron chi connectivity index (χ3n) is 5.29. The van der Waals surface area contributed by atoms with Crippen LogP contribution in [0.5, 0.6) is 5.75 Å². The van der Waals surface area contributed by atoms with Crippen molar-refractivity contribution < 1.29 is 9.53 Å². The lowest BCUT2D eigenvalue weighted by molar-refractivity contribution is 0.0949. The lowest BCUT2D eigenvalue weighted by atomic mass is 10.1. The van der Waals surface area contributed by atoms with Gasteiger partial charge in [-0.25, -0.2) is 4.98 Å². The van der Waals surface area contributed by atoms with Crippen molar-refractivity contribution in [3.05, 3.63) is 93.7 Å². The van der Waals surface area contributed by atoms with Crippen molar-refractivity contribution in [3.8, 4) is 5.75 Å². The molecule has 0 unspecified atom stereocenters. The van der Waals surface area contributed by atoms with Crippen molar-refractivity contribution in [1.29, 1.82) is 0 Å². The molecule has 1 aromatic heterocycles. The van der Waals surface area contributed by atoms with Gasteiger partial charge in [0.15, 0.2) is 0 Å². The highest BCUT2D eigenvalue weighted by Crippen LogP contribution is 2.19. The van der Waals surface area contributed by atoms with Crippen LogP contribution in [0.4, 0.5) is 0 Å². The Kier molecular flexibility index (Phi) is 6.37. The summed E-state index contributed by atoms with van der Waals surface area (Å²) in [5.41, 5.74) is 4.99. The number of amides is 1. The number of aryl methyl sites for hydroxylation is 2. The zero-order valence-electron chi connectivity index (χ0n) is 17.6. The van der Waals surface area contributed by atoms with Gasteiger partial charge < -0.3 is 14.6 Å². The second-order valence-corrected chi connectivity index (χ2v) is 8.37. The van der Waals surface area contributed by atoms with E-state index in [0.717, 1.165) is 27.1 Å². The fourth-order valence-corrected chi connectivity index (χ4v) is 3.86. The van der Waals surface area contributed by atoms with Crippen molar-refractivity contribution >= 4 is 32.9 Å². The molecule has 5 nitrogen and oxygen atoms in total. The highest BCUT2D eigenvalue weighted by molar-refractivity contribution is 9.10. The number of aromatic nitrogens is 2. The number of para-hydroxylation sites is 2. The van der Waals surface area contributed by atoms with E-state index >= 15 is 0 Å². The van der Waals surface area contributed by atoms with Gasteiger partial charge in [0, 0.05) is 10.0 Å². The summed E-state index contributed by atoms with van der Waals surface area (Å²) in [4.78, 5) is 17.3. The monoisotopic (exact) mass is 477 g/mol. The van der Waals surface area contributed by atoms with Crippen molar-refractivity contribution in [3.63, 3.8) is 0 Å². The summed E-state index contributed by atoms with van der Waals surface area (Å²) < 4.78 is 8.97. The Morgan fingerprint density at radius 3 is 2.68 bits per heavy atom. The second kappa shape index (κ2) is 9.35. The molecular weight excluding hydrogens is 454 g/mol. The lowest BCUT2D eigenvalue weighted by Gasteiger charge is -2.12. The number of ether oxygens (including phenoxy) is 1. The number of carbonyl (C=O) groups excluding carboxylic acids is 1. The predicted octanol–water partition coefficient (Wildman–Crippen LogP) is 5.42. The van der Waals surface area contributed by atoms with Gasteiger partial charge in [0.25, 0.3) is 5.91 Å². The highest BCUT2D eigenvalue weighted by atomic mass is 79.9. The molecule has 4 rings (SSSR count). The van der Waals surface area contributed by atoms with Crippen molar-refractivity contribution in [2.24, 2.45) is 0 Å². The van der Waals surface area contributed by atoms with Gasteiger partial charge in [0.05, 0.1) is 24.1 Å². The maximum Gasteiger partial charge on any atom is 0.251 e. The average molecular weight is 478 g/mol. The Morgan fingerprint density at radius 2 is 1.87 bits per heavy atom. The first-order chi connectivity index (χ1) is 15.0. The zero-order valence-corrected chi connectivity index (χ0v) is 19.1. The number of hydrogen-bond acceptors (Lipinski definition) is 3. The summed E-state index contributed by atoms with van der Waals surface area (Å²) in [5, 5.41) is 2.98. The molecule has 0 saturated carbocycles. The third-order valence-corrected chi connectivity index (χ3v) is 5.78. The van der Waals surface area contributed by atoms with Gasteiger partial charge in [-0.15, -0.1) is 0 Å². The first kappa shape index (κ1) is 21.1. The number of nitrogens with one attached hydrogen (secondary N) is 1. The molecule has 0 saturated heterocycles. The predicted molar refractivity (Wildman–Crippen MR) is 126 cm³/mol. The van der Waals surface area contributed by atoms with Gasteiger partial charge in [0.1, 0.15) is 18.2 Å². The minimum absolute atomic E-state index is 0.133. The molecular formula is C25H24BrN3O2. The summed E-state index contributed by atoms with van der Waals surface area (Å²) in [6.07, 6.45) is 0. The summed E-state index contributed by atoms with van der Waals surface area (Å²) in [7, 11) is 0. The first-order valence-electron chi connectivity index (χ1n) is 10.2. The number of imidazole rings is 1. The number of nitrogens with zero attached hydrogens (tertiary/aromatic N) is 2. The summed E-state index contributed by atoms with van der Waals surface area (Å²) >= 11 is 3.41. The van der Waals surface area contributed by atoms with E-state index in [0.29, 0.717) is 25.3 Å². The Hall–Kier alpha value is -3.12. The Bertz CT molecular complexity index is 1230. The molecule has 3 aromatic carbocycles. The van der Waals surface area contributed by atoms with E-state index in [-0.39, 0.29) is 5.91 Å². The molecule has 0 fully saturated rings. The van der Waals surface area contributed by atoms with E-state index < -0.39 is 0 Å². The molecule has 0 atom stereocenters. The Morgan fingerprint density at radius 1 is 1.03 bits per heavy atom. The largest absolute Gasteiger partial charge is 0.492 e. The molecule has 158 valence electrons. The number of carbonyl (C=O) groups is 1. The van der Waals surface area contributed by atoms with Crippen LogP contribution >= 0.6 is 15.9 Å². The third kappa shape index (κ3) is 4.97. The zero-order chi connectivity index (χ0) is 21.8. The van der Waals surface area contributed by atoms with E-state index in [1.165, 1.54) is 11.1 Å². The number of benzene rings is 3.